The van der Waals surface area contributed by atoms with Crippen LogP contribution < -0.4 is 5.32 Å². The van der Waals surface area contributed by atoms with Gasteiger partial charge in [0.1, 0.15) is 10.7 Å². The monoisotopic (exact) mass is 333 g/mol. The molecule has 1 amide bonds. The molecule has 3 atom stereocenters. The van der Waals surface area contributed by atoms with Crippen LogP contribution in [0, 0.1) is 18.8 Å². The Balaban J connectivity index is 2.08. The minimum atomic E-state index is -3.90. The maximum absolute atomic E-state index is 12.2. The number of aryl methyl sites for hydroxylation is 1. The highest BCUT2D eigenvalue weighted by molar-refractivity contribution is 8.13. The Morgan fingerprint density at radius 1 is 1.33 bits per heavy atom. The molecule has 0 radical (unpaired) electrons. The van der Waals surface area contributed by atoms with Gasteiger partial charge in [-0.1, -0.05) is 13.8 Å². The van der Waals surface area contributed by atoms with Gasteiger partial charge in [-0.15, -0.1) is 0 Å². The van der Waals surface area contributed by atoms with E-state index in [1.165, 1.54) is 13.0 Å². The molecular weight excluding hydrogens is 314 g/mol. The van der Waals surface area contributed by atoms with Gasteiger partial charge in [-0.05, 0) is 38.0 Å². The maximum Gasteiger partial charge on any atom is 0.287 e. The van der Waals surface area contributed by atoms with Crippen molar-refractivity contribution in [2.24, 2.45) is 11.8 Å². The Morgan fingerprint density at radius 2 is 2.00 bits per heavy atom. The van der Waals surface area contributed by atoms with Gasteiger partial charge in [0.25, 0.3) is 15.0 Å². The number of nitrogens with one attached hydrogen (secondary N) is 1. The van der Waals surface area contributed by atoms with Gasteiger partial charge >= 0.3 is 0 Å². The van der Waals surface area contributed by atoms with Crippen LogP contribution in [-0.4, -0.2) is 20.4 Å². The first kappa shape index (κ1) is 16.4. The van der Waals surface area contributed by atoms with Crippen molar-refractivity contribution in [3.05, 3.63) is 17.6 Å². The van der Waals surface area contributed by atoms with Crippen molar-refractivity contribution in [1.82, 2.24) is 5.32 Å². The lowest BCUT2D eigenvalue weighted by Crippen LogP contribution is -2.39. The average Bonchev–Trinajstić information content (AvgIpc) is 2.76. The summed E-state index contributed by atoms with van der Waals surface area (Å²) < 4.78 is 27.9. The predicted octanol–water partition coefficient (Wildman–Crippen LogP) is 3.07. The lowest BCUT2D eigenvalue weighted by Gasteiger charge is -2.32. The van der Waals surface area contributed by atoms with Crippen molar-refractivity contribution >= 4 is 25.6 Å². The number of hydrogen-bond donors (Lipinski definition) is 1. The zero-order valence-corrected chi connectivity index (χ0v) is 13.9. The minimum Gasteiger partial charge on any atom is -0.455 e. The van der Waals surface area contributed by atoms with E-state index in [1.807, 2.05) is 0 Å². The molecule has 118 valence electrons. The Labute approximate surface area is 129 Å². The molecule has 2 rings (SSSR count). The fourth-order valence-electron chi connectivity index (χ4n) is 2.75. The first-order valence-electron chi connectivity index (χ1n) is 7.04. The van der Waals surface area contributed by atoms with Crippen LogP contribution in [0.3, 0.4) is 0 Å². The summed E-state index contributed by atoms with van der Waals surface area (Å²) in [5.41, 5.74) is 0. The number of carbonyl (C=O) groups is 1. The molecule has 1 aromatic heterocycles. The van der Waals surface area contributed by atoms with E-state index in [9.17, 15) is 13.2 Å². The second-order valence-electron chi connectivity index (χ2n) is 5.91. The van der Waals surface area contributed by atoms with E-state index >= 15 is 0 Å². The molecule has 1 N–H and O–H groups in total. The highest BCUT2D eigenvalue weighted by Crippen LogP contribution is 2.30. The Hall–Kier alpha value is -1.01. The fourth-order valence-corrected chi connectivity index (χ4v) is 3.85. The number of furan rings is 1. The van der Waals surface area contributed by atoms with Crippen LogP contribution in [0.1, 0.15) is 49.4 Å². The number of halogens is 1. The molecule has 1 fully saturated rings. The van der Waals surface area contributed by atoms with E-state index < -0.39 is 15.0 Å². The van der Waals surface area contributed by atoms with Crippen LogP contribution >= 0.6 is 10.7 Å². The van der Waals surface area contributed by atoms with Crippen LogP contribution in [-0.2, 0) is 9.05 Å². The fraction of sp³-hybridized carbons (Fsp3) is 0.643. The van der Waals surface area contributed by atoms with Crippen LogP contribution in [0.25, 0.3) is 0 Å². The molecule has 0 aromatic carbocycles. The second kappa shape index (κ2) is 6.01. The predicted molar refractivity (Wildman–Crippen MR) is 79.9 cm³/mol. The largest absolute Gasteiger partial charge is 0.455 e. The van der Waals surface area contributed by atoms with Gasteiger partial charge in [0.05, 0.1) is 0 Å². The normalized spacial score (nSPS) is 26.6. The molecule has 1 aromatic rings. The van der Waals surface area contributed by atoms with Gasteiger partial charge in [-0.3, -0.25) is 4.79 Å². The molecule has 1 heterocycles. The third-order valence-corrected chi connectivity index (χ3v) is 5.72. The summed E-state index contributed by atoms with van der Waals surface area (Å²) in [5.74, 6) is 0.938. The lowest BCUT2D eigenvalue weighted by molar-refractivity contribution is 0.0881. The maximum atomic E-state index is 12.2. The quantitative estimate of drug-likeness (QED) is 0.862. The summed E-state index contributed by atoms with van der Waals surface area (Å²) in [5, 5.41) is 2.91. The Morgan fingerprint density at radius 3 is 2.52 bits per heavy atom. The molecular formula is C14H20ClNO4S. The summed E-state index contributed by atoms with van der Waals surface area (Å²) >= 11 is 0. The standard InChI is InChI=1S/C14H20ClNO4S/c1-8-4-5-11(6-9(8)2)16-14(17)12-7-13(10(3)20-12)21(15,18)19/h7-9,11H,4-6H2,1-3H3,(H,16,17). The summed E-state index contributed by atoms with van der Waals surface area (Å²) in [6.45, 7) is 5.87. The molecule has 0 bridgehead atoms. The van der Waals surface area contributed by atoms with Crippen molar-refractivity contribution in [3.63, 3.8) is 0 Å². The molecule has 0 aliphatic heterocycles. The lowest BCUT2D eigenvalue weighted by atomic mass is 9.79. The zero-order chi connectivity index (χ0) is 15.8. The van der Waals surface area contributed by atoms with E-state index in [0.717, 1.165) is 19.3 Å². The van der Waals surface area contributed by atoms with Crippen LogP contribution in [0.15, 0.2) is 15.4 Å². The number of rotatable bonds is 3. The van der Waals surface area contributed by atoms with Gasteiger partial charge < -0.3 is 9.73 Å². The van der Waals surface area contributed by atoms with E-state index in [4.69, 9.17) is 15.1 Å². The van der Waals surface area contributed by atoms with Gasteiger partial charge in [0.15, 0.2) is 5.76 Å². The first-order chi connectivity index (χ1) is 9.68. The third kappa shape index (κ3) is 3.80. The van der Waals surface area contributed by atoms with Gasteiger partial charge in [0, 0.05) is 22.8 Å². The number of carbonyl (C=O) groups excluding carboxylic acids is 1. The molecule has 1 aliphatic carbocycles. The smallest absolute Gasteiger partial charge is 0.287 e. The third-order valence-electron chi connectivity index (χ3n) is 4.29. The van der Waals surface area contributed by atoms with Gasteiger partial charge in [-0.2, -0.15) is 0 Å². The highest BCUT2D eigenvalue weighted by atomic mass is 35.7. The van der Waals surface area contributed by atoms with Crippen LogP contribution in [0.4, 0.5) is 0 Å². The summed E-state index contributed by atoms with van der Waals surface area (Å²) in [7, 11) is 1.39. The molecule has 1 saturated carbocycles. The zero-order valence-electron chi connectivity index (χ0n) is 12.3. The minimum absolute atomic E-state index is 0.0157. The SMILES string of the molecule is Cc1oc(C(=O)NC2CCC(C)C(C)C2)cc1S(=O)(=O)Cl. The van der Waals surface area contributed by atoms with E-state index in [-0.39, 0.29) is 22.5 Å². The molecule has 7 heteroatoms. The molecule has 5 nitrogen and oxygen atoms in total. The molecule has 0 spiro atoms. The van der Waals surface area contributed by atoms with Crippen molar-refractivity contribution in [2.75, 3.05) is 0 Å². The first-order valence-corrected chi connectivity index (χ1v) is 9.35. The van der Waals surface area contributed by atoms with E-state index in [2.05, 4.69) is 19.2 Å². The number of hydrogen-bond acceptors (Lipinski definition) is 4. The topological polar surface area (TPSA) is 76.4 Å². The van der Waals surface area contributed by atoms with Crippen molar-refractivity contribution in [2.45, 2.75) is 51.0 Å². The Kier molecular flexibility index (Phi) is 4.68. The highest BCUT2D eigenvalue weighted by Gasteiger charge is 2.28. The van der Waals surface area contributed by atoms with Crippen molar-refractivity contribution in [1.29, 1.82) is 0 Å². The van der Waals surface area contributed by atoms with Gasteiger partial charge in [0.2, 0.25) is 0 Å². The second-order valence-corrected chi connectivity index (χ2v) is 8.44. The summed E-state index contributed by atoms with van der Waals surface area (Å²) in [6.07, 6.45) is 2.93. The number of amides is 1. The van der Waals surface area contributed by atoms with E-state index in [0.29, 0.717) is 11.8 Å². The van der Waals surface area contributed by atoms with Gasteiger partial charge in [-0.25, -0.2) is 8.42 Å². The molecule has 3 unspecified atom stereocenters. The van der Waals surface area contributed by atoms with Crippen LogP contribution in [0.2, 0.25) is 0 Å². The molecule has 1 aliphatic rings. The molecule has 21 heavy (non-hydrogen) atoms. The average molecular weight is 334 g/mol. The van der Waals surface area contributed by atoms with Crippen molar-refractivity contribution < 1.29 is 17.6 Å². The van der Waals surface area contributed by atoms with Crippen LogP contribution in [0.5, 0.6) is 0 Å². The summed E-state index contributed by atoms with van der Waals surface area (Å²) in [4.78, 5) is 12.0. The molecule has 0 saturated heterocycles. The van der Waals surface area contributed by atoms with Crippen molar-refractivity contribution in [3.8, 4) is 0 Å². The Bertz CT molecular complexity index is 637. The summed E-state index contributed by atoms with van der Waals surface area (Å²) in [6, 6.07) is 1.28. The van der Waals surface area contributed by atoms with E-state index in [1.54, 1.807) is 0 Å².